The van der Waals surface area contributed by atoms with E-state index in [4.69, 9.17) is 0 Å². The molecule has 0 unspecified atom stereocenters. The zero-order valence-electron chi connectivity index (χ0n) is 15.9. The molecule has 2 saturated heterocycles. The number of rotatable bonds is 4. The molecule has 0 aliphatic carbocycles. The van der Waals surface area contributed by atoms with Crippen LogP contribution in [0.1, 0.15) is 38.5 Å². The number of fused-ring (bicyclic) bond motifs is 1. The van der Waals surface area contributed by atoms with Crippen LogP contribution in [0.3, 0.4) is 0 Å². The minimum atomic E-state index is -3.49. The van der Waals surface area contributed by atoms with Crippen molar-refractivity contribution < 1.29 is 8.42 Å². The number of nitrogens with zero attached hydrogens (tertiary/aromatic N) is 3. The maximum Gasteiger partial charge on any atom is 0.245 e. The quantitative estimate of drug-likeness (QED) is 0.806. The van der Waals surface area contributed by atoms with Gasteiger partial charge < -0.3 is 4.90 Å². The van der Waals surface area contributed by atoms with Crippen LogP contribution < -0.4 is 0 Å². The first-order valence-corrected chi connectivity index (χ1v) is 11.6. The van der Waals surface area contributed by atoms with Gasteiger partial charge in [-0.05, 0) is 56.8 Å². The van der Waals surface area contributed by atoms with Crippen molar-refractivity contribution in [2.75, 3.05) is 32.7 Å². The van der Waals surface area contributed by atoms with Gasteiger partial charge in [-0.2, -0.15) is 4.31 Å². The van der Waals surface area contributed by atoms with Crippen molar-refractivity contribution in [2.45, 2.75) is 43.4 Å². The molecule has 0 saturated carbocycles. The Labute approximate surface area is 162 Å². The molecule has 2 aromatic rings. The van der Waals surface area contributed by atoms with Crippen molar-refractivity contribution in [2.24, 2.45) is 5.92 Å². The number of likely N-dealkylation sites (tertiary alicyclic amines) is 1. The molecule has 2 aliphatic rings. The van der Waals surface area contributed by atoms with Crippen LogP contribution in [-0.2, 0) is 10.0 Å². The third kappa shape index (κ3) is 4.18. The van der Waals surface area contributed by atoms with Gasteiger partial charge in [-0.25, -0.2) is 8.42 Å². The summed E-state index contributed by atoms with van der Waals surface area (Å²) < 4.78 is 28.1. The van der Waals surface area contributed by atoms with E-state index in [9.17, 15) is 8.42 Å². The van der Waals surface area contributed by atoms with Gasteiger partial charge in [0.15, 0.2) is 0 Å². The topological polar surface area (TPSA) is 53.5 Å². The van der Waals surface area contributed by atoms with E-state index in [2.05, 4.69) is 9.88 Å². The molecular weight excluding hydrogens is 358 g/mol. The van der Waals surface area contributed by atoms with E-state index >= 15 is 0 Å². The Balaban J connectivity index is 1.44. The first-order valence-electron chi connectivity index (χ1n) is 10.2. The van der Waals surface area contributed by atoms with Crippen LogP contribution in [-0.4, -0.2) is 55.3 Å². The molecule has 5 nitrogen and oxygen atoms in total. The summed E-state index contributed by atoms with van der Waals surface area (Å²) in [4.78, 5) is 7.26. The van der Waals surface area contributed by atoms with E-state index in [1.807, 2.05) is 24.3 Å². The highest BCUT2D eigenvalue weighted by atomic mass is 32.2. The molecule has 0 amide bonds. The molecule has 1 aromatic carbocycles. The van der Waals surface area contributed by atoms with Crippen LogP contribution in [0.25, 0.3) is 10.9 Å². The number of para-hydroxylation sites is 1. The summed E-state index contributed by atoms with van der Waals surface area (Å²) in [6, 6.07) is 9.16. The SMILES string of the molecule is O=S(=O)(c1cccc2cccnc12)N1CCC(CN2CCCCCC2)CC1. The third-order valence-corrected chi connectivity index (χ3v) is 7.93. The van der Waals surface area contributed by atoms with Gasteiger partial charge in [-0.15, -0.1) is 0 Å². The normalized spacial score (nSPS) is 21.3. The van der Waals surface area contributed by atoms with Crippen molar-refractivity contribution in [1.29, 1.82) is 0 Å². The van der Waals surface area contributed by atoms with Gasteiger partial charge >= 0.3 is 0 Å². The number of piperidine rings is 1. The van der Waals surface area contributed by atoms with Gasteiger partial charge in [0.1, 0.15) is 4.90 Å². The van der Waals surface area contributed by atoms with Gasteiger partial charge in [-0.3, -0.25) is 4.98 Å². The molecule has 0 N–H and O–H groups in total. The van der Waals surface area contributed by atoms with E-state index < -0.39 is 10.0 Å². The lowest BCUT2D eigenvalue weighted by molar-refractivity contribution is 0.186. The number of aromatic nitrogens is 1. The Morgan fingerprint density at radius 1 is 0.926 bits per heavy atom. The number of sulfonamides is 1. The van der Waals surface area contributed by atoms with Gasteiger partial charge in [-0.1, -0.05) is 31.0 Å². The van der Waals surface area contributed by atoms with Crippen molar-refractivity contribution in [1.82, 2.24) is 14.2 Å². The lowest BCUT2D eigenvalue weighted by Gasteiger charge is -2.34. The fourth-order valence-corrected chi connectivity index (χ4v) is 6.07. The van der Waals surface area contributed by atoms with E-state index in [1.165, 1.54) is 38.8 Å². The summed E-state index contributed by atoms with van der Waals surface area (Å²) >= 11 is 0. The van der Waals surface area contributed by atoms with E-state index in [0.29, 0.717) is 29.4 Å². The monoisotopic (exact) mass is 387 g/mol. The molecule has 0 radical (unpaired) electrons. The maximum atomic E-state index is 13.2. The summed E-state index contributed by atoms with van der Waals surface area (Å²) in [5, 5.41) is 0.870. The van der Waals surface area contributed by atoms with Gasteiger partial charge in [0.05, 0.1) is 5.52 Å². The second-order valence-electron chi connectivity index (χ2n) is 7.89. The van der Waals surface area contributed by atoms with Crippen LogP contribution in [0.5, 0.6) is 0 Å². The Hall–Kier alpha value is -1.50. The highest BCUT2D eigenvalue weighted by Gasteiger charge is 2.31. The lowest BCUT2D eigenvalue weighted by Crippen LogP contribution is -2.41. The fourth-order valence-electron chi connectivity index (χ4n) is 4.44. The summed E-state index contributed by atoms with van der Waals surface area (Å²) in [6.45, 7) is 4.78. The molecule has 2 fully saturated rings. The summed E-state index contributed by atoms with van der Waals surface area (Å²) in [6.07, 6.45) is 8.89. The Morgan fingerprint density at radius 3 is 2.37 bits per heavy atom. The largest absolute Gasteiger partial charge is 0.303 e. The highest BCUT2D eigenvalue weighted by molar-refractivity contribution is 7.89. The van der Waals surface area contributed by atoms with E-state index in [0.717, 1.165) is 24.8 Å². The summed E-state index contributed by atoms with van der Waals surface area (Å²) in [5.74, 6) is 0.611. The van der Waals surface area contributed by atoms with Crippen LogP contribution in [0.2, 0.25) is 0 Å². The first kappa shape index (κ1) is 18.8. The molecular formula is C21H29N3O2S. The van der Waals surface area contributed by atoms with Crippen LogP contribution in [0.15, 0.2) is 41.4 Å². The average molecular weight is 388 g/mol. The molecule has 3 heterocycles. The van der Waals surface area contributed by atoms with Crippen LogP contribution in [0, 0.1) is 5.92 Å². The Bertz CT molecular complexity index is 863. The summed E-state index contributed by atoms with van der Waals surface area (Å²) in [7, 11) is -3.49. The van der Waals surface area contributed by atoms with Crippen LogP contribution >= 0.6 is 0 Å². The second kappa shape index (κ2) is 8.25. The molecule has 4 rings (SSSR count). The van der Waals surface area contributed by atoms with E-state index in [-0.39, 0.29) is 0 Å². The first-order chi connectivity index (χ1) is 13.1. The third-order valence-electron chi connectivity index (χ3n) is 6.00. The zero-order valence-corrected chi connectivity index (χ0v) is 16.7. The molecule has 27 heavy (non-hydrogen) atoms. The molecule has 0 spiro atoms. The van der Waals surface area contributed by atoms with Gasteiger partial charge in [0, 0.05) is 31.2 Å². The average Bonchev–Trinajstić information content (AvgIpc) is 2.96. The maximum absolute atomic E-state index is 13.2. The molecule has 146 valence electrons. The minimum absolute atomic E-state index is 0.339. The number of pyridine rings is 1. The number of hydrogen-bond acceptors (Lipinski definition) is 4. The zero-order chi connectivity index (χ0) is 18.7. The molecule has 0 atom stereocenters. The molecule has 1 aromatic heterocycles. The predicted molar refractivity (Wildman–Crippen MR) is 108 cm³/mol. The number of benzene rings is 1. The van der Waals surface area contributed by atoms with Gasteiger partial charge in [0.25, 0.3) is 0 Å². The standard InChI is InChI=1S/C21H29N3O2S/c25-27(26,20-9-5-7-19-8-6-12-22-21(19)20)24-15-10-18(11-16-24)17-23-13-3-1-2-4-14-23/h5-9,12,18H,1-4,10-11,13-17H2. The van der Waals surface area contributed by atoms with Crippen molar-refractivity contribution in [3.05, 3.63) is 36.5 Å². The number of hydrogen-bond donors (Lipinski definition) is 0. The molecule has 0 bridgehead atoms. The van der Waals surface area contributed by atoms with Crippen molar-refractivity contribution in [3.8, 4) is 0 Å². The Morgan fingerprint density at radius 2 is 1.63 bits per heavy atom. The van der Waals surface area contributed by atoms with Gasteiger partial charge in [0.2, 0.25) is 10.0 Å². The Kier molecular flexibility index (Phi) is 5.76. The predicted octanol–water partition coefficient (Wildman–Crippen LogP) is 3.51. The fraction of sp³-hybridized carbons (Fsp3) is 0.571. The van der Waals surface area contributed by atoms with E-state index in [1.54, 1.807) is 16.6 Å². The lowest BCUT2D eigenvalue weighted by atomic mass is 9.97. The minimum Gasteiger partial charge on any atom is -0.303 e. The van der Waals surface area contributed by atoms with Crippen molar-refractivity contribution in [3.63, 3.8) is 0 Å². The second-order valence-corrected chi connectivity index (χ2v) is 9.80. The van der Waals surface area contributed by atoms with Crippen molar-refractivity contribution >= 4 is 20.9 Å². The molecule has 2 aliphatic heterocycles. The highest BCUT2D eigenvalue weighted by Crippen LogP contribution is 2.28. The van der Waals surface area contributed by atoms with Crippen LogP contribution in [0.4, 0.5) is 0 Å². The molecule has 6 heteroatoms. The summed E-state index contributed by atoms with van der Waals surface area (Å²) in [5.41, 5.74) is 0.576. The smallest absolute Gasteiger partial charge is 0.245 e.